The van der Waals surface area contributed by atoms with Crippen molar-refractivity contribution in [2.45, 2.75) is 0 Å². The van der Waals surface area contributed by atoms with Crippen LogP contribution in [0.5, 0.6) is 0 Å². The lowest BCUT2D eigenvalue weighted by Crippen LogP contribution is -2.08. The van der Waals surface area contributed by atoms with Crippen molar-refractivity contribution in [1.82, 2.24) is 9.78 Å². The molecule has 0 spiro atoms. The highest BCUT2D eigenvalue weighted by Crippen LogP contribution is 2.20. The minimum absolute atomic E-state index is 0.398. The number of nitrogen functional groups attached to an aromatic ring is 1. The standard InChI is InChI=1S/C16H14N4O/c17-16-14(15(19-21)12-7-3-1-4-8-12)11-18-20(16)13-9-5-2-6-10-13/h1-11,21H,17H2/b19-15+. The zero-order valence-corrected chi connectivity index (χ0v) is 11.2. The van der Waals surface area contributed by atoms with Gasteiger partial charge in [0.05, 0.1) is 17.4 Å². The Morgan fingerprint density at radius 1 is 1.00 bits per heavy atom. The Balaban J connectivity index is 2.07. The van der Waals surface area contributed by atoms with Crippen LogP contribution in [0.2, 0.25) is 0 Å². The molecule has 0 bridgehead atoms. The lowest BCUT2D eigenvalue weighted by atomic mass is 10.1. The molecule has 0 aliphatic rings. The highest BCUT2D eigenvalue weighted by atomic mass is 16.4. The molecule has 0 fully saturated rings. The second kappa shape index (κ2) is 5.50. The van der Waals surface area contributed by atoms with Gasteiger partial charge >= 0.3 is 0 Å². The Labute approximate surface area is 122 Å². The van der Waals surface area contributed by atoms with E-state index in [0.29, 0.717) is 17.1 Å². The molecule has 3 N–H and O–H groups in total. The van der Waals surface area contributed by atoms with Gasteiger partial charge in [0.1, 0.15) is 11.5 Å². The summed E-state index contributed by atoms with van der Waals surface area (Å²) in [6, 6.07) is 18.9. The fourth-order valence-corrected chi connectivity index (χ4v) is 2.18. The minimum atomic E-state index is 0.398. The van der Waals surface area contributed by atoms with Gasteiger partial charge in [-0.15, -0.1) is 0 Å². The van der Waals surface area contributed by atoms with Crippen LogP contribution in [0.1, 0.15) is 11.1 Å². The van der Waals surface area contributed by atoms with Crippen LogP contribution in [-0.2, 0) is 0 Å². The van der Waals surface area contributed by atoms with Crippen molar-refractivity contribution in [3.8, 4) is 5.69 Å². The lowest BCUT2D eigenvalue weighted by Gasteiger charge is -2.06. The summed E-state index contributed by atoms with van der Waals surface area (Å²) in [6.45, 7) is 0. The summed E-state index contributed by atoms with van der Waals surface area (Å²) in [4.78, 5) is 0. The Kier molecular flexibility index (Phi) is 3.39. The first kappa shape index (κ1) is 12.9. The second-order valence-electron chi connectivity index (χ2n) is 4.51. The molecule has 21 heavy (non-hydrogen) atoms. The monoisotopic (exact) mass is 278 g/mol. The molecule has 0 aliphatic carbocycles. The molecule has 2 aromatic carbocycles. The molecule has 0 aliphatic heterocycles. The van der Waals surface area contributed by atoms with Gasteiger partial charge in [0, 0.05) is 5.56 Å². The van der Waals surface area contributed by atoms with E-state index in [1.165, 1.54) is 0 Å². The van der Waals surface area contributed by atoms with Gasteiger partial charge in [-0.3, -0.25) is 0 Å². The molecule has 0 amide bonds. The van der Waals surface area contributed by atoms with E-state index in [1.54, 1.807) is 10.9 Å². The summed E-state index contributed by atoms with van der Waals surface area (Å²) in [6.07, 6.45) is 1.60. The number of para-hydroxylation sites is 1. The van der Waals surface area contributed by atoms with E-state index in [-0.39, 0.29) is 0 Å². The molecular weight excluding hydrogens is 264 g/mol. The third kappa shape index (κ3) is 2.36. The van der Waals surface area contributed by atoms with Gasteiger partial charge in [-0.2, -0.15) is 5.10 Å². The normalized spacial score (nSPS) is 11.5. The smallest absolute Gasteiger partial charge is 0.136 e. The third-order valence-corrected chi connectivity index (χ3v) is 3.21. The summed E-state index contributed by atoms with van der Waals surface area (Å²) in [5, 5.41) is 17.0. The van der Waals surface area contributed by atoms with E-state index in [2.05, 4.69) is 10.3 Å². The molecule has 5 heteroatoms. The van der Waals surface area contributed by atoms with Crippen LogP contribution in [0.4, 0.5) is 5.82 Å². The first-order chi connectivity index (χ1) is 10.3. The molecule has 3 aromatic rings. The van der Waals surface area contributed by atoms with Crippen molar-refractivity contribution in [3.05, 3.63) is 78.0 Å². The number of nitrogens with zero attached hydrogens (tertiary/aromatic N) is 3. The maximum Gasteiger partial charge on any atom is 0.136 e. The quantitative estimate of drug-likeness (QED) is 0.439. The summed E-state index contributed by atoms with van der Waals surface area (Å²) < 4.78 is 1.61. The van der Waals surface area contributed by atoms with Gasteiger partial charge in [-0.1, -0.05) is 53.7 Å². The van der Waals surface area contributed by atoms with E-state index in [4.69, 9.17) is 5.73 Å². The second-order valence-corrected chi connectivity index (χ2v) is 4.51. The van der Waals surface area contributed by atoms with Crippen LogP contribution in [0.25, 0.3) is 5.69 Å². The van der Waals surface area contributed by atoms with E-state index in [9.17, 15) is 5.21 Å². The van der Waals surface area contributed by atoms with E-state index in [0.717, 1.165) is 11.3 Å². The molecule has 0 atom stereocenters. The van der Waals surface area contributed by atoms with Crippen molar-refractivity contribution in [2.75, 3.05) is 5.73 Å². The van der Waals surface area contributed by atoms with Gasteiger partial charge in [0.15, 0.2) is 0 Å². The molecule has 0 unspecified atom stereocenters. The zero-order valence-electron chi connectivity index (χ0n) is 11.2. The van der Waals surface area contributed by atoms with Crippen LogP contribution in [-0.4, -0.2) is 20.7 Å². The number of nitrogens with two attached hydrogens (primary N) is 1. The first-order valence-electron chi connectivity index (χ1n) is 6.48. The SMILES string of the molecule is Nc1c(/C(=N/O)c2ccccc2)cnn1-c1ccccc1. The molecular formula is C16H14N4O. The molecule has 3 rings (SSSR count). The van der Waals surface area contributed by atoms with Crippen LogP contribution in [0, 0.1) is 0 Å². The number of hydrogen-bond donors (Lipinski definition) is 2. The van der Waals surface area contributed by atoms with Crippen molar-refractivity contribution >= 4 is 11.5 Å². The number of aromatic nitrogens is 2. The number of oxime groups is 1. The minimum Gasteiger partial charge on any atom is -0.410 e. The Morgan fingerprint density at radius 3 is 2.24 bits per heavy atom. The Morgan fingerprint density at radius 2 is 1.62 bits per heavy atom. The van der Waals surface area contributed by atoms with Gasteiger partial charge in [-0.05, 0) is 12.1 Å². The number of anilines is 1. The molecule has 1 aromatic heterocycles. The summed E-state index contributed by atoms with van der Waals surface area (Å²) in [5.74, 6) is 0.429. The average molecular weight is 278 g/mol. The fourth-order valence-electron chi connectivity index (χ4n) is 2.18. The average Bonchev–Trinajstić information content (AvgIpc) is 2.92. The first-order valence-corrected chi connectivity index (χ1v) is 6.48. The molecule has 0 radical (unpaired) electrons. The van der Waals surface area contributed by atoms with Gasteiger partial charge in [-0.25, -0.2) is 4.68 Å². The predicted molar refractivity (Wildman–Crippen MR) is 81.8 cm³/mol. The fraction of sp³-hybridized carbons (Fsp3) is 0. The number of benzene rings is 2. The van der Waals surface area contributed by atoms with E-state index < -0.39 is 0 Å². The summed E-state index contributed by atoms with van der Waals surface area (Å²) in [5.41, 5.74) is 8.78. The molecule has 5 nitrogen and oxygen atoms in total. The zero-order chi connectivity index (χ0) is 14.7. The van der Waals surface area contributed by atoms with Crippen molar-refractivity contribution in [2.24, 2.45) is 5.16 Å². The van der Waals surface area contributed by atoms with Gasteiger partial charge < -0.3 is 10.9 Å². The van der Waals surface area contributed by atoms with Crippen molar-refractivity contribution in [1.29, 1.82) is 0 Å². The van der Waals surface area contributed by atoms with Crippen molar-refractivity contribution in [3.63, 3.8) is 0 Å². The van der Waals surface area contributed by atoms with Crippen LogP contribution in [0.3, 0.4) is 0 Å². The van der Waals surface area contributed by atoms with Crippen LogP contribution >= 0.6 is 0 Å². The summed E-state index contributed by atoms with van der Waals surface area (Å²) >= 11 is 0. The largest absolute Gasteiger partial charge is 0.410 e. The maximum atomic E-state index is 9.33. The highest BCUT2D eigenvalue weighted by Gasteiger charge is 2.16. The lowest BCUT2D eigenvalue weighted by molar-refractivity contribution is 0.319. The van der Waals surface area contributed by atoms with Crippen LogP contribution < -0.4 is 5.73 Å². The number of hydrogen-bond acceptors (Lipinski definition) is 4. The van der Waals surface area contributed by atoms with E-state index in [1.807, 2.05) is 60.7 Å². The topological polar surface area (TPSA) is 76.4 Å². The van der Waals surface area contributed by atoms with Gasteiger partial charge in [0.25, 0.3) is 0 Å². The molecule has 0 saturated carbocycles. The van der Waals surface area contributed by atoms with E-state index >= 15 is 0 Å². The molecule has 0 saturated heterocycles. The van der Waals surface area contributed by atoms with Crippen molar-refractivity contribution < 1.29 is 5.21 Å². The predicted octanol–water partition coefficient (Wildman–Crippen LogP) is 2.68. The summed E-state index contributed by atoms with van der Waals surface area (Å²) in [7, 11) is 0. The van der Waals surface area contributed by atoms with Crippen LogP contribution in [0.15, 0.2) is 72.0 Å². The Hall–Kier alpha value is -3.08. The maximum absolute atomic E-state index is 9.33. The highest BCUT2D eigenvalue weighted by molar-refractivity contribution is 6.15. The number of rotatable bonds is 3. The Bertz CT molecular complexity index is 763. The third-order valence-electron chi connectivity index (χ3n) is 3.21. The molecule has 1 heterocycles. The molecule has 104 valence electrons. The van der Waals surface area contributed by atoms with Gasteiger partial charge in [0.2, 0.25) is 0 Å².